The van der Waals surface area contributed by atoms with Gasteiger partial charge in [-0.25, -0.2) is 9.67 Å². The van der Waals surface area contributed by atoms with Crippen LogP contribution in [0.2, 0.25) is 10.0 Å². The van der Waals surface area contributed by atoms with Crippen molar-refractivity contribution in [1.82, 2.24) is 19.7 Å². The van der Waals surface area contributed by atoms with E-state index in [0.717, 1.165) is 33.7 Å². The summed E-state index contributed by atoms with van der Waals surface area (Å²) < 4.78 is 1.55. The lowest BCUT2D eigenvalue weighted by Crippen LogP contribution is -2.08. The minimum Gasteiger partial charge on any atom is -0.383 e. The zero-order chi connectivity index (χ0) is 20.3. The first-order valence-corrected chi connectivity index (χ1v) is 9.70. The average molecular weight is 424 g/mol. The van der Waals surface area contributed by atoms with E-state index < -0.39 is 0 Å². The summed E-state index contributed by atoms with van der Waals surface area (Å²) in [6.45, 7) is 1.90. The summed E-state index contributed by atoms with van der Waals surface area (Å²) >= 11 is 12.2. The quantitative estimate of drug-likeness (QED) is 0.464. The maximum absolute atomic E-state index is 13.1. The molecule has 6 nitrogen and oxygen atoms in total. The van der Waals surface area contributed by atoms with Crippen molar-refractivity contribution >= 4 is 51.9 Å². The highest BCUT2D eigenvalue weighted by atomic mass is 35.5. The summed E-state index contributed by atoms with van der Waals surface area (Å²) in [5, 5.41) is 5.28. The second kappa shape index (κ2) is 6.47. The Morgan fingerprint density at radius 2 is 2.00 bits per heavy atom. The maximum atomic E-state index is 13.1. The topological polar surface area (TPSA) is 89.6 Å². The number of halogens is 2. The largest absolute Gasteiger partial charge is 0.383 e. The molecule has 5 rings (SSSR count). The molecule has 0 unspecified atom stereocenters. The molecule has 0 amide bonds. The fourth-order valence-corrected chi connectivity index (χ4v) is 4.01. The highest BCUT2D eigenvalue weighted by Crippen LogP contribution is 2.34. The third kappa shape index (κ3) is 2.92. The van der Waals surface area contributed by atoms with Gasteiger partial charge < -0.3 is 10.7 Å². The minimum absolute atomic E-state index is 0.157. The van der Waals surface area contributed by atoms with Gasteiger partial charge >= 0.3 is 0 Å². The van der Waals surface area contributed by atoms with Crippen LogP contribution in [0.25, 0.3) is 22.8 Å². The monoisotopic (exact) mass is 423 g/mol. The molecule has 0 fully saturated rings. The number of imidazole rings is 1. The number of anilines is 1. The number of nitrogens with one attached hydrogen (secondary N) is 1. The number of carbonyl (C=O) groups excluding carboxylic acids is 1. The van der Waals surface area contributed by atoms with Gasteiger partial charge in [-0.2, -0.15) is 5.10 Å². The van der Waals surface area contributed by atoms with Crippen LogP contribution in [0.4, 0.5) is 5.82 Å². The van der Waals surface area contributed by atoms with Crippen LogP contribution in [0.15, 0.2) is 42.1 Å². The number of nitrogen functional groups attached to an aromatic ring is 1. The van der Waals surface area contributed by atoms with Crippen molar-refractivity contribution in [2.24, 2.45) is 0 Å². The molecular weight excluding hydrogens is 409 g/mol. The molecule has 2 heterocycles. The Morgan fingerprint density at radius 1 is 1.21 bits per heavy atom. The van der Waals surface area contributed by atoms with Crippen molar-refractivity contribution in [2.75, 3.05) is 5.73 Å². The number of Topliss-reactive ketones (excluding diaryl/α,β-unsaturated/α-hetero) is 1. The van der Waals surface area contributed by atoms with Crippen LogP contribution < -0.4 is 5.73 Å². The van der Waals surface area contributed by atoms with Crippen molar-refractivity contribution in [3.63, 3.8) is 0 Å². The van der Waals surface area contributed by atoms with Crippen molar-refractivity contribution in [2.45, 2.75) is 13.3 Å². The Bertz CT molecular complexity index is 1350. The summed E-state index contributed by atoms with van der Waals surface area (Å²) in [6.07, 6.45) is 3.81. The van der Waals surface area contributed by atoms with Crippen LogP contribution in [0, 0.1) is 6.92 Å². The molecular formula is C21H15Cl2N5O. The number of aromatic amines is 1. The summed E-state index contributed by atoms with van der Waals surface area (Å²) in [5.74, 6) is 0.962. The Labute approximate surface area is 176 Å². The number of aryl methyl sites for hydroxylation is 1. The zero-order valence-electron chi connectivity index (χ0n) is 15.3. The van der Waals surface area contributed by atoms with Gasteiger partial charge in [-0.15, -0.1) is 0 Å². The van der Waals surface area contributed by atoms with Crippen molar-refractivity contribution < 1.29 is 4.79 Å². The molecule has 0 saturated heterocycles. The highest BCUT2D eigenvalue weighted by Gasteiger charge is 2.24. The number of hydrogen-bond acceptors (Lipinski definition) is 4. The van der Waals surface area contributed by atoms with E-state index in [0.29, 0.717) is 33.4 Å². The number of H-pyrrole nitrogens is 1. The first-order valence-electron chi connectivity index (χ1n) is 8.94. The first-order chi connectivity index (χ1) is 13.9. The number of nitrogens with zero attached hydrogens (tertiary/aromatic N) is 3. The van der Waals surface area contributed by atoms with Crippen LogP contribution in [0.5, 0.6) is 0 Å². The van der Waals surface area contributed by atoms with Gasteiger partial charge in [-0.3, -0.25) is 4.79 Å². The average Bonchev–Trinajstić information content (AvgIpc) is 3.36. The standard InChI is InChI=1S/C21H15Cl2N5O/c1-10-26-18-3-2-14(8-19(18)27-10)28-21(24)15(9-25-28)20(29)13-4-11-6-16(22)17(23)7-12(11)5-13/h2-4,6-9H,5,24H2,1H3,(H,26,27). The SMILES string of the molecule is Cc1nc2ccc(-n3ncc(C(=O)C4=Cc5cc(Cl)c(Cl)cc5C4)c3N)cc2[nH]1. The van der Waals surface area contributed by atoms with E-state index in [2.05, 4.69) is 15.1 Å². The third-order valence-corrected chi connectivity index (χ3v) is 5.79. The molecule has 3 N–H and O–H groups in total. The second-order valence-corrected chi connectivity index (χ2v) is 7.83. The van der Waals surface area contributed by atoms with Gasteiger partial charge in [-0.1, -0.05) is 23.2 Å². The Morgan fingerprint density at radius 3 is 2.83 bits per heavy atom. The number of carbonyl (C=O) groups is 1. The summed E-state index contributed by atoms with van der Waals surface area (Å²) in [7, 11) is 0. The predicted molar refractivity (Wildman–Crippen MR) is 115 cm³/mol. The van der Waals surface area contributed by atoms with E-state index in [4.69, 9.17) is 28.9 Å². The summed E-state index contributed by atoms with van der Waals surface area (Å²) in [6, 6.07) is 9.23. The molecule has 1 aliphatic rings. The van der Waals surface area contributed by atoms with Gasteiger partial charge in [0.05, 0.1) is 38.5 Å². The molecule has 0 spiro atoms. The van der Waals surface area contributed by atoms with Gasteiger partial charge in [0.15, 0.2) is 5.78 Å². The molecule has 4 aromatic rings. The first kappa shape index (κ1) is 18.0. The Balaban J connectivity index is 1.49. The number of ketones is 1. The van der Waals surface area contributed by atoms with Gasteiger partial charge in [0.25, 0.3) is 0 Å². The summed E-state index contributed by atoms with van der Waals surface area (Å²) in [4.78, 5) is 20.7. The van der Waals surface area contributed by atoms with Crippen LogP contribution in [0.1, 0.15) is 27.3 Å². The van der Waals surface area contributed by atoms with Gasteiger partial charge in [0.1, 0.15) is 11.6 Å². The number of benzene rings is 2. The molecule has 8 heteroatoms. The third-order valence-electron chi connectivity index (χ3n) is 5.06. The smallest absolute Gasteiger partial charge is 0.194 e. The Hall–Kier alpha value is -3.09. The molecule has 1 aliphatic carbocycles. The number of aromatic nitrogens is 4. The maximum Gasteiger partial charge on any atom is 0.194 e. The van der Waals surface area contributed by atoms with E-state index in [1.165, 1.54) is 6.20 Å². The lowest BCUT2D eigenvalue weighted by molar-refractivity contribution is 0.103. The predicted octanol–water partition coefficient (Wildman–Crippen LogP) is 4.77. The summed E-state index contributed by atoms with van der Waals surface area (Å²) in [5.41, 5.74) is 11.6. The van der Waals surface area contributed by atoms with Crippen molar-refractivity contribution in [3.8, 4) is 5.69 Å². The number of allylic oxidation sites excluding steroid dienone is 1. The number of fused-ring (bicyclic) bond motifs is 2. The highest BCUT2D eigenvalue weighted by molar-refractivity contribution is 6.42. The molecule has 0 bridgehead atoms. The van der Waals surface area contributed by atoms with Crippen molar-refractivity contribution in [3.05, 3.63) is 74.7 Å². The number of rotatable bonds is 3. The van der Waals surface area contributed by atoms with Crippen LogP contribution in [-0.4, -0.2) is 25.5 Å². The number of hydrogen-bond donors (Lipinski definition) is 2. The van der Waals surface area contributed by atoms with Crippen LogP contribution in [-0.2, 0) is 6.42 Å². The zero-order valence-corrected chi connectivity index (χ0v) is 16.8. The van der Waals surface area contributed by atoms with Gasteiger partial charge in [0.2, 0.25) is 0 Å². The molecule has 0 radical (unpaired) electrons. The lowest BCUT2D eigenvalue weighted by Gasteiger charge is -2.06. The fourth-order valence-electron chi connectivity index (χ4n) is 3.65. The minimum atomic E-state index is -0.157. The van der Waals surface area contributed by atoms with Crippen LogP contribution in [0.3, 0.4) is 0 Å². The lowest BCUT2D eigenvalue weighted by atomic mass is 10.0. The van der Waals surface area contributed by atoms with E-state index in [1.54, 1.807) is 16.8 Å². The van der Waals surface area contributed by atoms with E-state index in [1.807, 2.05) is 31.2 Å². The second-order valence-electron chi connectivity index (χ2n) is 7.02. The fraction of sp³-hybridized carbons (Fsp3) is 0.0952. The normalized spacial score (nSPS) is 13.0. The molecule has 144 valence electrons. The molecule has 2 aromatic carbocycles. The molecule has 0 atom stereocenters. The Kier molecular flexibility index (Phi) is 4.01. The number of nitrogens with two attached hydrogens (primary N) is 1. The molecule has 0 saturated carbocycles. The van der Waals surface area contributed by atoms with E-state index in [9.17, 15) is 4.79 Å². The van der Waals surface area contributed by atoms with Crippen LogP contribution >= 0.6 is 23.2 Å². The van der Waals surface area contributed by atoms with Gasteiger partial charge in [0, 0.05) is 12.0 Å². The van der Waals surface area contributed by atoms with E-state index in [-0.39, 0.29) is 5.78 Å². The molecule has 29 heavy (non-hydrogen) atoms. The van der Waals surface area contributed by atoms with E-state index >= 15 is 0 Å². The van der Waals surface area contributed by atoms with Crippen molar-refractivity contribution in [1.29, 1.82) is 0 Å². The van der Waals surface area contributed by atoms with Gasteiger partial charge in [-0.05, 0) is 54.5 Å². The molecule has 2 aromatic heterocycles. The molecule has 0 aliphatic heterocycles.